The Labute approximate surface area is 513 Å². The standard InChI is InChI=1S/C64H119NO21/c1-4-6-8-10-12-14-16-18-19-20-21-22-23-25-27-29-31-33-35-37-50(71)65-44(45(69)36-34-32-30-28-26-24-17-15-13-11-9-7-5-2)42-79-61-56(77)55(76)58(49(41-68)83-61)84-63-57(78)59(53(74)48(40-67)81-63)85-64-60(54(75)52(73)47(39-66)82-64)86-62-51(72)46(70)38-43(3)80-62/h34,36,43-49,51-64,66-70,72-78H,4-33,35,37-42H2,1-3H3,(H,65,71)/b36-34+/t43?,44-,45+,46?,47?,48?,49?,51-,52-,53-,54-,55+,56?,57?,58+,59-,60?,61+,62-,63-,64+/m0/s1. The molecule has 21 atom stereocenters. The molecule has 0 bridgehead atoms. The number of unbranched alkanes of at least 4 members (excludes halogenated alkanes) is 29. The van der Waals surface area contributed by atoms with E-state index in [1.807, 2.05) is 6.08 Å². The van der Waals surface area contributed by atoms with E-state index in [9.17, 15) is 66.1 Å². The Morgan fingerprint density at radius 1 is 0.465 bits per heavy atom. The summed E-state index contributed by atoms with van der Waals surface area (Å²) >= 11 is 0. The van der Waals surface area contributed by atoms with E-state index in [1.165, 1.54) is 148 Å². The van der Waals surface area contributed by atoms with Gasteiger partial charge in [0.15, 0.2) is 25.2 Å². The van der Waals surface area contributed by atoms with Crippen LogP contribution < -0.4 is 5.32 Å². The zero-order chi connectivity index (χ0) is 62.6. The summed E-state index contributed by atoms with van der Waals surface area (Å²) in [6, 6.07) is -0.999. The number of allylic oxidation sites excluding steroid dienone is 1. The SMILES string of the molecule is CCCCCCCCCCCCC/C=C/[C@@H](O)[C@H](CO[C@@H]1OC(CO)[C@@H](O[C@@H]2OC(CO)[C@H](O)[C@H](O[C@H]3OC(CO)[C@H](O)[C@H](O)C3O[C@@H]3OC(C)CC(O)[C@@H]3O)C2O)[C@H](O)C1O)NC(=O)CCCCCCCCCCCCCCCCCCCCC. The van der Waals surface area contributed by atoms with E-state index in [2.05, 4.69) is 19.2 Å². The smallest absolute Gasteiger partial charge is 0.220 e. The quantitative estimate of drug-likeness (QED) is 0.0273. The molecule has 8 unspecified atom stereocenters. The molecule has 1 amide bonds. The molecule has 506 valence electrons. The maximum absolute atomic E-state index is 13.4. The highest BCUT2D eigenvalue weighted by Gasteiger charge is 2.55. The third kappa shape index (κ3) is 27.3. The lowest BCUT2D eigenvalue weighted by molar-refractivity contribution is -0.393. The lowest BCUT2D eigenvalue weighted by atomic mass is 9.95. The summed E-state index contributed by atoms with van der Waals surface area (Å²) < 4.78 is 46.8. The topological polar surface area (TPSA) is 346 Å². The molecule has 86 heavy (non-hydrogen) atoms. The third-order valence-electron chi connectivity index (χ3n) is 17.5. The van der Waals surface area contributed by atoms with Crippen LogP contribution in [0.4, 0.5) is 0 Å². The molecular formula is C64H119NO21. The van der Waals surface area contributed by atoms with Gasteiger partial charge in [0.25, 0.3) is 0 Å². The molecule has 0 aromatic carbocycles. The first-order chi connectivity index (χ1) is 41.6. The van der Waals surface area contributed by atoms with Crippen LogP contribution in [0.2, 0.25) is 0 Å². The van der Waals surface area contributed by atoms with Crippen molar-refractivity contribution in [1.82, 2.24) is 5.32 Å². The highest BCUT2D eigenvalue weighted by atomic mass is 16.8. The van der Waals surface area contributed by atoms with Gasteiger partial charge in [-0.3, -0.25) is 4.79 Å². The summed E-state index contributed by atoms with van der Waals surface area (Å²) in [5, 5.41) is 134. The predicted molar refractivity (Wildman–Crippen MR) is 321 cm³/mol. The Balaban J connectivity index is 1.31. The van der Waals surface area contributed by atoms with Gasteiger partial charge in [0.2, 0.25) is 5.91 Å². The van der Waals surface area contributed by atoms with E-state index in [-0.39, 0.29) is 25.4 Å². The van der Waals surface area contributed by atoms with Gasteiger partial charge in [0, 0.05) is 12.8 Å². The second-order valence-electron chi connectivity index (χ2n) is 24.9. The van der Waals surface area contributed by atoms with Crippen molar-refractivity contribution in [2.75, 3.05) is 26.4 Å². The molecule has 0 spiro atoms. The molecule has 0 aliphatic carbocycles. The van der Waals surface area contributed by atoms with Crippen LogP contribution in [0.5, 0.6) is 0 Å². The molecule has 0 saturated carbocycles. The Kier molecular flexibility index (Phi) is 40.1. The van der Waals surface area contributed by atoms with E-state index >= 15 is 0 Å². The first kappa shape index (κ1) is 76.9. The zero-order valence-electron chi connectivity index (χ0n) is 52.5. The van der Waals surface area contributed by atoms with Gasteiger partial charge in [-0.05, 0) is 26.2 Å². The van der Waals surface area contributed by atoms with Crippen molar-refractivity contribution in [2.45, 2.75) is 362 Å². The van der Waals surface area contributed by atoms with Crippen molar-refractivity contribution in [1.29, 1.82) is 0 Å². The van der Waals surface area contributed by atoms with Crippen molar-refractivity contribution in [3.8, 4) is 0 Å². The average molecular weight is 1240 g/mol. The maximum atomic E-state index is 13.4. The monoisotopic (exact) mass is 1240 g/mol. The third-order valence-corrected chi connectivity index (χ3v) is 17.5. The lowest BCUT2D eigenvalue weighted by Crippen LogP contribution is -2.67. The van der Waals surface area contributed by atoms with Crippen LogP contribution in [0.1, 0.15) is 233 Å². The summed E-state index contributed by atoms with van der Waals surface area (Å²) in [6.45, 7) is 3.13. The van der Waals surface area contributed by atoms with Gasteiger partial charge in [0.05, 0.1) is 50.8 Å². The molecule has 0 radical (unpaired) electrons. The molecule has 22 heteroatoms. The summed E-state index contributed by atoms with van der Waals surface area (Å²) in [5.41, 5.74) is 0. The number of rotatable bonds is 47. The zero-order valence-corrected chi connectivity index (χ0v) is 52.5. The van der Waals surface area contributed by atoms with Crippen LogP contribution >= 0.6 is 0 Å². The second-order valence-corrected chi connectivity index (χ2v) is 24.9. The molecule has 4 aliphatic heterocycles. The number of hydrogen-bond acceptors (Lipinski definition) is 21. The highest BCUT2D eigenvalue weighted by Crippen LogP contribution is 2.35. The molecule has 4 fully saturated rings. The maximum Gasteiger partial charge on any atom is 0.220 e. The molecular weight excluding hydrogens is 1120 g/mol. The number of aliphatic hydroxyl groups excluding tert-OH is 12. The van der Waals surface area contributed by atoms with E-state index in [1.54, 1.807) is 13.0 Å². The van der Waals surface area contributed by atoms with Gasteiger partial charge in [-0.2, -0.15) is 0 Å². The minimum absolute atomic E-state index is 0.0498. The Morgan fingerprint density at radius 3 is 1.40 bits per heavy atom. The van der Waals surface area contributed by atoms with E-state index in [0.717, 1.165) is 44.9 Å². The molecule has 22 nitrogen and oxygen atoms in total. The molecule has 4 aliphatic rings. The van der Waals surface area contributed by atoms with E-state index in [0.29, 0.717) is 6.42 Å². The second kappa shape index (κ2) is 44.8. The minimum Gasteiger partial charge on any atom is -0.394 e. The summed E-state index contributed by atoms with van der Waals surface area (Å²) in [7, 11) is 0. The van der Waals surface area contributed by atoms with Gasteiger partial charge >= 0.3 is 0 Å². The van der Waals surface area contributed by atoms with Gasteiger partial charge in [0.1, 0.15) is 79.4 Å². The summed E-state index contributed by atoms with van der Waals surface area (Å²) in [5.74, 6) is -0.290. The van der Waals surface area contributed by atoms with Gasteiger partial charge < -0.3 is 104 Å². The van der Waals surface area contributed by atoms with Crippen LogP contribution in [0.3, 0.4) is 0 Å². The Morgan fingerprint density at radius 2 is 0.884 bits per heavy atom. The van der Waals surface area contributed by atoms with Gasteiger partial charge in [-0.1, -0.05) is 206 Å². The largest absolute Gasteiger partial charge is 0.394 e. The number of nitrogens with one attached hydrogen (secondary N) is 1. The molecule has 0 aromatic heterocycles. The molecule has 4 rings (SSSR count). The number of aliphatic hydroxyl groups is 12. The average Bonchev–Trinajstić information content (AvgIpc) is 1.05. The van der Waals surface area contributed by atoms with Crippen molar-refractivity contribution in [2.24, 2.45) is 0 Å². The number of carbonyl (C=O) groups excluding carboxylic acids is 1. The van der Waals surface area contributed by atoms with Crippen molar-refractivity contribution in [3.05, 3.63) is 12.2 Å². The first-order valence-electron chi connectivity index (χ1n) is 33.7. The number of carbonyl (C=O) groups is 1. The van der Waals surface area contributed by atoms with Crippen LogP contribution in [0.25, 0.3) is 0 Å². The molecule has 4 saturated heterocycles. The van der Waals surface area contributed by atoms with Gasteiger partial charge in [-0.15, -0.1) is 0 Å². The Bertz CT molecular complexity index is 1720. The minimum atomic E-state index is -2.04. The van der Waals surface area contributed by atoms with Crippen LogP contribution in [-0.4, -0.2) is 222 Å². The highest BCUT2D eigenvalue weighted by molar-refractivity contribution is 5.76. The van der Waals surface area contributed by atoms with Gasteiger partial charge in [-0.25, -0.2) is 0 Å². The molecule has 4 heterocycles. The summed E-state index contributed by atoms with van der Waals surface area (Å²) in [6.07, 6.45) is 8.30. The van der Waals surface area contributed by atoms with Crippen molar-refractivity contribution < 1.29 is 104 Å². The number of ether oxygens (including phenoxy) is 8. The van der Waals surface area contributed by atoms with Crippen LogP contribution in [0.15, 0.2) is 12.2 Å². The molecule has 0 aromatic rings. The fourth-order valence-electron chi connectivity index (χ4n) is 12.0. The number of hydrogen-bond donors (Lipinski definition) is 13. The number of amides is 1. The van der Waals surface area contributed by atoms with Crippen LogP contribution in [-0.2, 0) is 42.7 Å². The van der Waals surface area contributed by atoms with Crippen LogP contribution in [0, 0.1) is 0 Å². The lowest BCUT2D eigenvalue weighted by Gasteiger charge is -2.49. The molecule has 13 N–H and O–H groups in total. The predicted octanol–water partition coefficient (Wildman–Crippen LogP) is 5.26. The first-order valence-corrected chi connectivity index (χ1v) is 33.7. The van der Waals surface area contributed by atoms with Crippen molar-refractivity contribution >= 4 is 5.91 Å². The van der Waals surface area contributed by atoms with E-state index < -0.39 is 149 Å². The van der Waals surface area contributed by atoms with Crippen molar-refractivity contribution in [3.63, 3.8) is 0 Å². The van der Waals surface area contributed by atoms with E-state index in [4.69, 9.17) is 37.9 Å². The normalized spacial score (nSPS) is 33.3. The fraction of sp³-hybridized carbons (Fsp3) is 0.953. The Hall–Kier alpha value is -1.59. The fourth-order valence-corrected chi connectivity index (χ4v) is 12.0. The summed E-state index contributed by atoms with van der Waals surface area (Å²) in [4.78, 5) is 13.4.